The summed E-state index contributed by atoms with van der Waals surface area (Å²) in [5, 5.41) is 3.04. The Morgan fingerprint density at radius 1 is 1.19 bits per heavy atom. The number of hydrogen-bond donors (Lipinski definition) is 1. The summed E-state index contributed by atoms with van der Waals surface area (Å²) in [5.74, 6) is 1.52. The van der Waals surface area contributed by atoms with Gasteiger partial charge in [-0.15, -0.1) is 0 Å². The van der Waals surface area contributed by atoms with Crippen LogP contribution in [-0.2, 0) is 4.79 Å². The second-order valence-electron chi connectivity index (χ2n) is 6.73. The van der Waals surface area contributed by atoms with E-state index in [2.05, 4.69) is 22.3 Å². The third-order valence-corrected chi connectivity index (χ3v) is 5.90. The molecule has 2 saturated heterocycles. The minimum absolute atomic E-state index is 0.00267. The minimum atomic E-state index is -0.0867. The summed E-state index contributed by atoms with van der Waals surface area (Å²) in [6.45, 7) is 3.47. The molecule has 0 spiro atoms. The monoisotopic (exact) mass is 377 g/mol. The first kappa shape index (κ1) is 19.0. The Hall–Kier alpha value is -1.73. The highest BCUT2D eigenvalue weighted by Gasteiger charge is 2.25. The molecule has 0 unspecified atom stereocenters. The lowest BCUT2D eigenvalue weighted by molar-refractivity contribution is -0.121. The largest absolute Gasteiger partial charge is 0.497 e. The van der Waals surface area contributed by atoms with Gasteiger partial charge in [0, 0.05) is 18.8 Å². The second kappa shape index (κ2) is 9.28. The molecule has 1 aromatic carbocycles. The van der Waals surface area contributed by atoms with Crippen LogP contribution in [0.5, 0.6) is 5.75 Å². The van der Waals surface area contributed by atoms with Crippen LogP contribution in [0.2, 0.25) is 0 Å². The van der Waals surface area contributed by atoms with Crippen molar-refractivity contribution in [2.24, 2.45) is 0 Å². The predicted octanol–water partition coefficient (Wildman–Crippen LogP) is 2.51. The molecule has 3 rings (SSSR count). The molecule has 142 valence electrons. The summed E-state index contributed by atoms with van der Waals surface area (Å²) >= 11 is 1.28. The molecule has 0 aromatic heterocycles. The molecule has 1 atom stereocenters. The van der Waals surface area contributed by atoms with Gasteiger partial charge in [0.15, 0.2) is 0 Å². The molecule has 26 heavy (non-hydrogen) atoms. The normalized spacial score (nSPS) is 19.4. The number of piperidine rings is 1. The molecule has 7 heteroatoms. The molecule has 0 bridgehead atoms. The van der Waals surface area contributed by atoms with Crippen molar-refractivity contribution in [3.05, 3.63) is 29.8 Å². The first-order valence-corrected chi connectivity index (χ1v) is 10.2. The number of amides is 2. The number of thioether (sulfide) groups is 1. The Morgan fingerprint density at radius 2 is 1.92 bits per heavy atom. The van der Waals surface area contributed by atoms with Crippen molar-refractivity contribution in [1.82, 2.24) is 15.1 Å². The molecule has 2 aliphatic rings. The van der Waals surface area contributed by atoms with E-state index in [-0.39, 0.29) is 23.7 Å². The van der Waals surface area contributed by atoms with Crippen molar-refractivity contribution in [3.63, 3.8) is 0 Å². The van der Waals surface area contributed by atoms with E-state index in [0.29, 0.717) is 13.1 Å². The van der Waals surface area contributed by atoms with Crippen LogP contribution in [0.15, 0.2) is 24.3 Å². The number of hydrogen-bond acceptors (Lipinski definition) is 5. The van der Waals surface area contributed by atoms with Crippen LogP contribution < -0.4 is 10.1 Å². The Labute approximate surface area is 159 Å². The number of rotatable bonds is 7. The first-order chi connectivity index (χ1) is 12.7. The molecule has 2 aliphatic heterocycles. The van der Waals surface area contributed by atoms with E-state index >= 15 is 0 Å². The molecule has 0 saturated carbocycles. The van der Waals surface area contributed by atoms with E-state index in [1.165, 1.54) is 36.6 Å². The Kier molecular flexibility index (Phi) is 6.80. The number of nitrogens with zero attached hydrogens (tertiary/aromatic N) is 2. The molecule has 1 N–H and O–H groups in total. The van der Waals surface area contributed by atoms with Gasteiger partial charge in [0.25, 0.3) is 5.24 Å². The summed E-state index contributed by atoms with van der Waals surface area (Å²) in [6.07, 6.45) is 3.66. The van der Waals surface area contributed by atoms with Crippen LogP contribution >= 0.6 is 11.8 Å². The Bertz CT molecular complexity index is 617. The number of nitrogens with one attached hydrogen (secondary N) is 1. The van der Waals surface area contributed by atoms with E-state index < -0.39 is 0 Å². The lowest BCUT2D eigenvalue weighted by Crippen LogP contribution is -2.43. The smallest absolute Gasteiger partial charge is 0.282 e. The van der Waals surface area contributed by atoms with Gasteiger partial charge in [-0.1, -0.05) is 30.3 Å². The maximum absolute atomic E-state index is 12.3. The van der Waals surface area contributed by atoms with Gasteiger partial charge in [0.1, 0.15) is 12.3 Å². The zero-order valence-corrected chi connectivity index (χ0v) is 16.1. The lowest BCUT2D eigenvalue weighted by atomic mass is 10.0. The molecular weight excluding hydrogens is 350 g/mol. The zero-order valence-electron chi connectivity index (χ0n) is 15.3. The lowest BCUT2D eigenvalue weighted by Gasteiger charge is -2.35. The quantitative estimate of drug-likeness (QED) is 0.791. The Morgan fingerprint density at radius 3 is 2.54 bits per heavy atom. The van der Waals surface area contributed by atoms with Gasteiger partial charge >= 0.3 is 0 Å². The van der Waals surface area contributed by atoms with Gasteiger partial charge < -0.3 is 15.0 Å². The molecule has 6 nitrogen and oxygen atoms in total. The van der Waals surface area contributed by atoms with Crippen LogP contribution in [-0.4, -0.2) is 66.5 Å². The standard InChI is InChI=1S/C19H27N3O3S/c1-25-16-7-5-15(6-8-16)17(21-9-3-2-4-10-21)13-20-18(23)14-22-11-12-26-19(22)24/h5-8,17H,2-4,9-14H2,1H3,(H,20,23)/t17-/m1/s1. The topological polar surface area (TPSA) is 61.9 Å². The average molecular weight is 378 g/mol. The predicted molar refractivity (Wildman–Crippen MR) is 104 cm³/mol. The fourth-order valence-corrected chi connectivity index (χ4v) is 4.35. The third-order valence-electron chi connectivity index (χ3n) is 5.00. The van der Waals surface area contributed by atoms with Crippen molar-refractivity contribution >= 4 is 22.9 Å². The fourth-order valence-electron chi connectivity index (χ4n) is 3.52. The number of benzene rings is 1. The third kappa shape index (κ3) is 4.92. The molecule has 2 fully saturated rings. The number of methoxy groups -OCH3 is 1. The summed E-state index contributed by atoms with van der Waals surface area (Å²) in [4.78, 5) is 28.0. The summed E-state index contributed by atoms with van der Waals surface area (Å²) in [5.41, 5.74) is 1.18. The summed E-state index contributed by atoms with van der Waals surface area (Å²) in [6, 6.07) is 8.23. The van der Waals surface area contributed by atoms with Crippen molar-refractivity contribution < 1.29 is 14.3 Å². The zero-order chi connectivity index (χ0) is 18.4. The first-order valence-electron chi connectivity index (χ1n) is 9.24. The summed E-state index contributed by atoms with van der Waals surface area (Å²) in [7, 11) is 1.66. The van der Waals surface area contributed by atoms with E-state index in [9.17, 15) is 9.59 Å². The van der Waals surface area contributed by atoms with Crippen molar-refractivity contribution in [3.8, 4) is 5.75 Å². The molecule has 0 radical (unpaired) electrons. The fraction of sp³-hybridized carbons (Fsp3) is 0.579. The van der Waals surface area contributed by atoms with Crippen LogP contribution in [0, 0.1) is 0 Å². The molecule has 0 aliphatic carbocycles. The van der Waals surface area contributed by atoms with Crippen LogP contribution in [0.3, 0.4) is 0 Å². The SMILES string of the molecule is COc1ccc([C@@H](CNC(=O)CN2CCSC2=O)N2CCCCC2)cc1. The highest BCUT2D eigenvalue weighted by Crippen LogP contribution is 2.26. The second-order valence-corrected chi connectivity index (χ2v) is 7.77. The number of carbonyl (C=O) groups excluding carboxylic acids is 2. The molecule has 2 amide bonds. The number of ether oxygens (including phenoxy) is 1. The van der Waals surface area contributed by atoms with Crippen LogP contribution in [0.4, 0.5) is 4.79 Å². The van der Waals surface area contributed by atoms with E-state index in [1.807, 2.05) is 12.1 Å². The van der Waals surface area contributed by atoms with E-state index in [4.69, 9.17) is 4.74 Å². The van der Waals surface area contributed by atoms with Gasteiger partial charge in [-0.25, -0.2) is 0 Å². The highest BCUT2D eigenvalue weighted by molar-refractivity contribution is 8.13. The van der Waals surface area contributed by atoms with E-state index in [1.54, 1.807) is 12.0 Å². The maximum atomic E-state index is 12.3. The minimum Gasteiger partial charge on any atom is -0.497 e. The van der Waals surface area contributed by atoms with Crippen LogP contribution in [0.25, 0.3) is 0 Å². The average Bonchev–Trinajstić information content (AvgIpc) is 3.08. The number of likely N-dealkylation sites (tertiary alicyclic amines) is 1. The maximum Gasteiger partial charge on any atom is 0.282 e. The van der Waals surface area contributed by atoms with Gasteiger partial charge in [-0.3, -0.25) is 14.5 Å². The number of carbonyl (C=O) groups is 2. The summed E-state index contributed by atoms with van der Waals surface area (Å²) < 4.78 is 5.25. The molecular formula is C19H27N3O3S. The van der Waals surface area contributed by atoms with Crippen molar-refractivity contribution in [2.75, 3.05) is 45.6 Å². The van der Waals surface area contributed by atoms with Crippen molar-refractivity contribution in [1.29, 1.82) is 0 Å². The van der Waals surface area contributed by atoms with Gasteiger partial charge in [-0.2, -0.15) is 0 Å². The van der Waals surface area contributed by atoms with E-state index in [0.717, 1.165) is 24.6 Å². The molecule has 2 heterocycles. The molecule has 1 aromatic rings. The van der Waals surface area contributed by atoms with Gasteiger partial charge in [0.2, 0.25) is 5.91 Å². The van der Waals surface area contributed by atoms with Gasteiger partial charge in [-0.05, 0) is 43.6 Å². The van der Waals surface area contributed by atoms with Crippen molar-refractivity contribution in [2.45, 2.75) is 25.3 Å². The van der Waals surface area contributed by atoms with Gasteiger partial charge in [0.05, 0.1) is 13.2 Å². The highest BCUT2D eigenvalue weighted by atomic mass is 32.2. The Balaban J connectivity index is 1.62. The van der Waals surface area contributed by atoms with Crippen LogP contribution in [0.1, 0.15) is 30.9 Å².